The normalized spacial score (nSPS) is 16.1. The van der Waals surface area contributed by atoms with E-state index in [4.69, 9.17) is 4.74 Å². The SMILES string of the molecule is C[Si](C)(C)CCOCn1cc(C(F)(F)F)c2c(C3CC3)ccnc21. The van der Waals surface area contributed by atoms with Gasteiger partial charge in [0.15, 0.2) is 0 Å². The van der Waals surface area contributed by atoms with Crippen LogP contribution in [0.2, 0.25) is 25.7 Å². The van der Waals surface area contributed by atoms with Crippen molar-refractivity contribution in [1.82, 2.24) is 9.55 Å². The van der Waals surface area contributed by atoms with E-state index in [9.17, 15) is 13.2 Å². The van der Waals surface area contributed by atoms with Crippen LogP contribution in [0.5, 0.6) is 0 Å². The standard InChI is InChI=1S/C17H23F3N2OSi/c1-24(2,3)9-8-23-11-22-10-14(17(18,19)20)15-13(12-4-5-12)6-7-21-16(15)22/h6-7,10,12H,4-5,8-9,11H2,1-3H3. The van der Waals surface area contributed by atoms with Crippen LogP contribution >= 0.6 is 0 Å². The van der Waals surface area contributed by atoms with E-state index in [-0.39, 0.29) is 18.0 Å². The number of hydrogen-bond acceptors (Lipinski definition) is 2. The third kappa shape index (κ3) is 3.83. The van der Waals surface area contributed by atoms with Crippen LogP contribution < -0.4 is 0 Å². The van der Waals surface area contributed by atoms with Crippen LogP contribution in [0.15, 0.2) is 18.5 Å². The molecule has 0 N–H and O–H groups in total. The summed E-state index contributed by atoms with van der Waals surface area (Å²) in [5.41, 5.74) is 0.550. The highest BCUT2D eigenvalue weighted by atomic mass is 28.3. The Morgan fingerprint density at radius 2 is 2.00 bits per heavy atom. The number of hydrogen-bond donors (Lipinski definition) is 0. The molecular weight excluding hydrogens is 333 g/mol. The molecule has 0 unspecified atom stereocenters. The Hall–Kier alpha value is -1.34. The quantitative estimate of drug-likeness (QED) is 0.522. The molecule has 0 aromatic carbocycles. The van der Waals surface area contributed by atoms with Crippen molar-refractivity contribution in [2.24, 2.45) is 0 Å². The van der Waals surface area contributed by atoms with Gasteiger partial charge in [-0.3, -0.25) is 0 Å². The lowest BCUT2D eigenvalue weighted by Gasteiger charge is -2.15. The van der Waals surface area contributed by atoms with E-state index in [0.717, 1.165) is 30.6 Å². The second-order valence-corrected chi connectivity index (χ2v) is 13.4. The predicted molar refractivity (Wildman–Crippen MR) is 90.8 cm³/mol. The Kier molecular flexibility index (Phi) is 4.50. The molecule has 0 amide bonds. The van der Waals surface area contributed by atoms with Crippen LogP contribution in [0.4, 0.5) is 13.2 Å². The van der Waals surface area contributed by atoms with Gasteiger partial charge in [0.1, 0.15) is 12.4 Å². The first-order valence-corrected chi connectivity index (χ1v) is 12.0. The predicted octanol–water partition coefficient (Wildman–Crippen LogP) is 5.24. The van der Waals surface area contributed by atoms with Crippen LogP contribution in [0.3, 0.4) is 0 Å². The van der Waals surface area contributed by atoms with Gasteiger partial charge in [-0.1, -0.05) is 19.6 Å². The van der Waals surface area contributed by atoms with Gasteiger partial charge in [0.25, 0.3) is 0 Å². The lowest BCUT2D eigenvalue weighted by molar-refractivity contribution is -0.136. The van der Waals surface area contributed by atoms with Gasteiger partial charge >= 0.3 is 6.18 Å². The zero-order valence-corrected chi connectivity index (χ0v) is 15.3. The first-order chi connectivity index (χ1) is 11.2. The molecule has 0 spiro atoms. The minimum Gasteiger partial charge on any atom is -0.361 e. The molecule has 0 atom stereocenters. The number of halogens is 3. The fourth-order valence-corrected chi connectivity index (χ4v) is 3.59. The molecule has 0 saturated heterocycles. The molecule has 0 bridgehead atoms. The molecule has 0 radical (unpaired) electrons. The number of pyridine rings is 1. The highest BCUT2D eigenvalue weighted by molar-refractivity contribution is 6.76. The topological polar surface area (TPSA) is 27.1 Å². The Bertz CT molecular complexity index is 730. The van der Waals surface area contributed by atoms with Crippen LogP contribution in [0, 0.1) is 0 Å². The van der Waals surface area contributed by atoms with E-state index in [1.54, 1.807) is 12.3 Å². The number of alkyl halides is 3. The molecule has 1 fully saturated rings. The van der Waals surface area contributed by atoms with Crippen LogP contribution in [0.1, 0.15) is 29.9 Å². The maximum Gasteiger partial charge on any atom is 0.418 e. The van der Waals surface area contributed by atoms with Gasteiger partial charge in [0.05, 0.1) is 5.56 Å². The summed E-state index contributed by atoms with van der Waals surface area (Å²) in [4.78, 5) is 4.21. The summed E-state index contributed by atoms with van der Waals surface area (Å²) in [6, 6.07) is 2.71. The van der Waals surface area contributed by atoms with Gasteiger partial charge in [-0.15, -0.1) is 0 Å². The maximum absolute atomic E-state index is 13.5. The zero-order chi connectivity index (χ0) is 17.5. The molecule has 132 valence electrons. The molecule has 24 heavy (non-hydrogen) atoms. The second-order valence-electron chi connectivity index (χ2n) is 7.73. The molecule has 2 aromatic heterocycles. The summed E-state index contributed by atoms with van der Waals surface area (Å²) in [7, 11) is -1.22. The number of nitrogens with zero attached hydrogens (tertiary/aromatic N) is 2. The first kappa shape index (κ1) is 17.5. The monoisotopic (exact) mass is 356 g/mol. The van der Waals surface area contributed by atoms with Crippen LogP contribution in [-0.4, -0.2) is 24.2 Å². The zero-order valence-electron chi connectivity index (χ0n) is 14.3. The summed E-state index contributed by atoms with van der Waals surface area (Å²) in [6.45, 7) is 7.41. The molecule has 1 aliphatic rings. The molecule has 3 rings (SSSR count). The Morgan fingerprint density at radius 3 is 2.58 bits per heavy atom. The van der Waals surface area contributed by atoms with Crippen LogP contribution in [0.25, 0.3) is 11.0 Å². The van der Waals surface area contributed by atoms with Crippen LogP contribution in [-0.2, 0) is 17.6 Å². The number of ether oxygens (including phenoxy) is 1. The van der Waals surface area contributed by atoms with Gasteiger partial charge in [0.2, 0.25) is 0 Å². The van der Waals surface area contributed by atoms with Gasteiger partial charge in [-0.25, -0.2) is 4.98 Å². The largest absolute Gasteiger partial charge is 0.418 e. The first-order valence-electron chi connectivity index (χ1n) is 8.29. The molecule has 1 saturated carbocycles. The van der Waals surface area contributed by atoms with Crippen molar-refractivity contribution in [3.63, 3.8) is 0 Å². The van der Waals surface area contributed by atoms with Gasteiger partial charge in [-0.2, -0.15) is 13.2 Å². The lowest BCUT2D eigenvalue weighted by atomic mass is 10.1. The molecule has 7 heteroatoms. The fourth-order valence-electron chi connectivity index (χ4n) is 2.83. The van der Waals surface area contributed by atoms with Crippen molar-refractivity contribution in [3.8, 4) is 0 Å². The summed E-state index contributed by atoms with van der Waals surface area (Å²) >= 11 is 0. The summed E-state index contributed by atoms with van der Waals surface area (Å²) in [6.07, 6.45) is 0.282. The van der Waals surface area contributed by atoms with Crippen molar-refractivity contribution < 1.29 is 17.9 Å². The van der Waals surface area contributed by atoms with E-state index in [2.05, 4.69) is 24.6 Å². The van der Waals surface area contributed by atoms with E-state index in [1.165, 1.54) is 4.57 Å². The highest BCUT2D eigenvalue weighted by Gasteiger charge is 2.38. The van der Waals surface area contributed by atoms with Crippen molar-refractivity contribution in [3.05, 3.63) is 29.6 Å². The van der Waals surface area contributed by atoms with E-state index < -0.39 is 19.8 Å². The van der Waals surface area contributed by atoms with E-state index >= 15 is 0 Å². The summed E-state index contributed by atoms with van der Waals surface area (Å²) in [5, 5.41) is 0.251. The van der Waals surface area contributed by atoms with E-state index in [1.807, 2.05) is 0 Å². The molecule has 2 heterocycles. The second kappa shape index (κ2) is 6.18. The highest BCUT2D eigenvalue weighted by Crippen LogP contribution is 2.46. The Morgan fingerprint density at radius 1 is 1.29 bits per heavy atom. The van der Waals surface area contributed by atoms with Gasteiger partial charge in [0, 0.05) is 32.5 Å². The van der Waals surface area contributed by atoms with Gasteiger partial charge < -0.3 is 9.30 Å². The number of rotatable bonds is 6. The average Bonchev–Trinajstić information content (AvgIpc) is 3.22. The smallest absolute Gasteiger partial charge is 0.361 e. The van der Waals surface area contributed by atoms with Crippen molar-refractivity contribution >= 4 is 19.1 Å². The van der Waals surface area contributed by atoms with Crippen molar-refractivity contribution in [1.29, 1.82) is 0 Å². The third-order valence-corrected chi connectivity index (χ3v) is 6.04. The fraction of sp³-hybridized carbons (Fsp3) is 0.588. The Balaban J connectivity index is 1.90. The summed E-state index contributed by atoms with van der Waals surface area (Å²) in [5.74, 6) is 0.236. The Labute approximate surface area is 140 Å². The average molecular weight is 356 g/mol. The molecular formula is C17H23F3N2OSi. The van der Waals surface area contributed by atoms with Gasteiger partial charge in [-0.05, 0) is 36.4 Å². The van der Waals surface area contributed by atoms with E-state index in [0.29, 0.717) is 12.3 Å². The summed E-state index contributed by atoms with van der Waals surface area (Å²) < 4.78 is 47.5. The van der Waals surface area contributed by atoms with Crippen molar-refractivity contribution in [2.45, 2.75) is 57.4 Å². The van der Waals surface area contributed by atoms with Crippen molar-refractivity contribution in [2.75, 3.05) is 6.61 Å². The number of aromatic nitrogens is 2. The molecule has 2 aromatic rings. The lowest BCUT2D eigenvalue weighted by Crippen LogP contribution is -2.22. The minimum atomic E-state index is -4.38. The molecule has 3 nitrogen and oxygen atoms in total. The minimum absolute atomic E-state index is 0.109. The molecule has 0 aliphatic heterocycles. The molecule has 1 aliphatic carbocycles. The maximum atomic E-state index is 13.5. The third-order valence-electron chi connectivity index (χ3n) is 4.34. The number of fused-ring (bicyclic) bond motifs is 1.